The van der Waals surface area contributed by atoms with Crippen LogP contribution < -0.4 is 0 Å². The molecule has 3 nitrogen and oxygen atoms in total. The Morgan fingerprint density at radius 1 is 1.18 bits per heavy atom. The number of hydrogen-bond donors (Lipinski definition) is 0. The molecule has 0 bridgehead atoms. The van der Waals surface area contributed by atoms with Crippen molar-refractivity contribution in [2.75, 3.05) is 6.61 Å². The number of rotatable bonds is 9. The van der Waals surface area contributed by atoms with Crippen LogP contribution in [0.15, 0.2) is 12.2 Å². The lowest BCUT2D eigenvalue weighted by atomic mass is 9.64. The van der Waals surface area contributed by atoms with Crippen LogP contribution in [0, 0.1) is 5.92 Å². The Morgan fingerprint density at radius 3 is 2.59 bits per heavy atom. The van der Waals surface area contributed by atoms with Gasteiger partial charge in [-0.15, -0.1) is 0 Å². The molecule has 0 aromatic carbocycles. The van der Waals surface area contributed by atoms with Crippen LogP contribution in [0.3, 0.4) is 0 Å². The third kappa shape index (κ3) is 3.56. The van der Waals surface area contributed by atoms with Crippen LogP contribution in [-0.2, 0) is 14.3 Å². The van der Waals surface area contributed by atoms with Gasteiger partial charge in [-0.05, 0) is 25.7 Å². The van der Waals surface area contributed by atoms with E-state index in [1.165, 1.54) is 12.8 Å². The molecule has 0 aromatic rings. The van der Waals surface area contributed by atoms with Crippen molar-refractivity contribution in [1.82, 2.24) is 0 Å². The smallest absolute Gasteiger partial charge is 0.336 e. The number of esters is 1. The second kappa shape index (κ2) is 8.14. The van der Waals surface area contributed by atoms with Crippen LogP contribution in [0.25, 0.3) is 0 Å². The summed E-state index contributed by atoms with van der Waals surface area (Å²) in [5, 5.41) is 0. The molecule has 2 rings (SSSR count). The zero-order chi connectivity index (χ0) is 16.0. The van der Waals surface area contributed by atoms with Crippen molar-refractivity contribution in [3.63, 3.8) is 0 Å². The fourth-order valence-corrected chi connectivity index (χ4v) is 3.96. The van der Waals surface area contributed by atoms with E-state index >= 15 is 0 Å². The Balaban J connectivity index is 1.96. The third-order valence-corrected chi connectivity index (χ3v) is 5.30. The Hall–Kier alpha value is -0.830. The van der Waals surface area contributed by atoms with Crippen molar-refractivity contribution in [3.8, 4) is 0 Å². The number of unbranched alkanes of at least 4 members (excludes halogenated alkanes) is 3. The van der Waals surface area contributed by atoms with Crippen molar-refractivity contribution < 1.29 is 14.3 Å². The molecule has 22 heavy (non-hydrogen) atoms. The largest absolute Gasteiger partial charge is 0.462 e. The molecule has 1 aliphatic carbocycles. The maximum atomic E-state index is 12.4. The molecule has 3 heteroatoms. The van der Waals surface area contributed by atoms with Crippen molar-refractivity contribution in [1.29, 1.82) is 0 Å². The first-order chi connectivity index (χ1) is 10.7. The van der Waals surface area contributed by atoms with E-state index in [1.807, 2.05) is 0 Å². The van der Waals surface area contributed by atoms with Gasteiger partial charge in [0.05, 0.1) is 18.3 Å². The Bertz CT molecular complexity index is 386. The SMILES string of the molecule is C=C(C(=O)OCCCCC)C1(CCCC)OC2CCCCC21. The quantitative estimate of drug-likeness (QED) is 0.349. The van der Waals surface area contributed by atoms with Gasteiger partial charge in [0.1, 0.15) is 5.60 Å². The normalized spacial score (nSPS) is 30.3. The number of carbonyl (C=O) groups excluding carboxylic acids is 1. The summed E-state index contributed by atoms with van der Waals surface area (Å²) in [5.41, 5.74) is 0.142. The number of carbonyl (C=O) groups is 1. The van der Waals surface area contributed by atoms with E-state index in [2.05, 4.69) is 20.4 Å². The fourth-order valence-electron chi connectivity index (χ4n) is 3.96. The second-order valence-corrected chi connectivity index (χ2v) is 6.86. The Morgan fingerprint density at radius 2 is 1.91 bits per heavy atom. The zero-order valence-electron chi connectivity index (χ0n) is 14.4. The molecule has 3 unspecified atom stereocenters. The predicted molar refractivity (Wildman–Crippen MR) is 88.7 cm³/mol. The molecule has 0 radical (unpaired) electrons. The van der Waals surface area contributed by atoms with E-state index in [9.17, 15) is 4.79 Å². The van der Waals surface area contributed by atoms with E-state index in [-0.39, 0.29) is 5.97 Å². The molecular formula is C19H32O3. The number of hydrogen-bond acceptors (Lipinski definition) is 3. The van der Waals surface area contributed by atoms with Gasteiger partial charge in [0.25, 0.3) is 0 Å². The topological polar surface area (TPSA) is 35.5 Å². The van der Waals surface area contributed by atoms with Gasteiger partial charge >= 0.3 is 5.97 Å². The van der Waals surface area contributed by atoms with Crippen molar-refractivity contribution in [2.24, 2.45) is 5.92 Å². The number of ether oxygens (including phenoxy) is 2. The average Bonchev–Trinajstić information content (AvgIpc) is 2.52. The number of fused-ring (bicyclic) bond motifs is 1. The van der Waals surface area contributed by atoms with Crippen LogP contribution >= 0.6 is 0 Å². The zero-order valence-corrected chi connectivity index (χ0v) is 14.4. The molecule has 2 aliphatic rings. The summed E-state index contributed by atoms with van der Waals surface area (Å²) in [6, 6.07) is 0. The van der Waals surface area contributed by atoms with E-state index in [0.717, 1.165) is 51.4 Å². The van der Waals surface area contributed by atoms with Crippen LogP contribution in [-0.4, -0.2) is 24.3 Å². The fraction of sp³-hybridized carbons (Fsp3) is 0.842. The summed E-state index contributed by atoms with van der Waals surface area (Å²) < 4.78 is 11.7. The minimum atomic E-state index is -0.428. The van der Waals surface area contributed by atoms with Crippen LogP contribution in [0.2, 0.25) is 0 Å². The molecule has 126 valence electrons. The molecular weight excluding hydrogens is 276 g/mol. The van der Waals surface area contributed by atoms with Gasteiger partial charge in [-0.3, -0.25) is 0 Å². The monoisotopic (exact) mass is 308 g/mol. The van der Waals surface area contributed by atoms with Gasteiger partial charge in [-0.25, -0.2) is 4.79 Å². The Kier molecular flexibility index (Phi) is 6.49. The highest BCUT2D eigenvalue weighted by atomic mass is 16.6. The third-order valence-electron chi connectivity index (χ3n) is 5.30. The second-order valence-electron chi connectivity index (χ2n) is 6.86. The van der Waals surface area contributed by atoms with E-state index in [1.54, 1.807) is 0 Å². The van der Waals surface area contributed by atoms with Gasteiger partial charge in [0, 0.05) is 5.92 Å². The maximum Gasteiger partial charge on any atom is 0.336 e. The summed E-state index contributed by atoms with van der Waals surface area (Å²) in [4.78, 5) is 12.4. The van der Waals surface area contributed by atoms with Crippen molar-refractivity contribution >= 4 is 5.97 Å². The van der Waals surface area contributed by atoms with Gasteiger partial charge in [-0.2, -0.15) is 0 Å². The highest BCUT2D eigenvalue weighted by Gasteiger charge is 2.58. The van der Waals surface area contributed by atoms with E-state index in [4.69, 9.17) is 9.47 Å². The Labute approximate surface area is 135 Å². The van der Waals surface area contributed by atoms with E-state index < -0.39 is 5.60 Å². The molecule has 0 spiro atoms. The van der Waals surface area contributed by atoms with Crippen LogP contribution in [0.5, 0.6) is 0 Å². The summed E-state index contributed by atoms with van der Waals surface area (Å²) >= 11 is 0. The van der Waals surface area contributed by atoms with Crippen LogP contribution in [0.1, 0.15) is 78.1 Å². The highest BCUT2D eigenvalue weighted by molar-refractivity contribution is 5.90. The lowest BCUT2D eigenvalue weighted by molar-refractivity contribution is -0.257. The molecule has 3 atom stereocenters. The lowest BCUT2D eigenvalue weighted by Gasteiger charge is -2.57. The summed E-state index contributed by atoms with van der Waals surface area (Å²) in [7, 11) is 0. The highest BCUT2D eigenvalue weighted by Crippen LogP contribution is 2.53. The van der Waals surface area contributed by atoms with Gasteiger partial charge in [-0.1, -0.05) is 59.0 Å². The average molecular weight is 308 g/mol. The summed E-state index contributed by atoms with van der Waals surface area (Å²) in [6.45, 7) is 8.92. The molecule has 0 N–H and O–H groups in total. The van der Waals surface area contributed by atoms with Crippen LogP contribution in [0.4, 0.5) is 0 Å². The maximum absolute atomic E-state index is 12.4. The predicted octanol–water partition coefficient (Wildman–Crippen LogP) is 4.79. The molecule has 0 amide bonds. The van der Waals surface area contributed by atoms with Gasteiger partial charge < -0.3 is 9.47 Å². The van der Waals surface area contributed by atoms with E-state index in [0.29, 0.717) is 24.2 Å². The van der Waals surface area contributed by atoms with Crippen molar-refractivity contribution in [2.45, 2.75) is 89.8 Å². The molecule has 1 heterocycles. The first kappa shape index (κ1) is 17.5. The first-order valence-corrected chi connectivity index (χ1v) is 9.20. The minimum Gasteiger partial charge on any atom is -0.462 e. The lowest BCUT2D eigenvalue weighted by Crippen LogP contribution is -2.63. The first-order valence-electron chi connectivity index (χ1n) is 9.20. The van der Waals surface area contributed by atoms with Gasteiger partial charge in [0.2, 0.25) is 0 Å². The van der Waals surface area contributed by atoms with Crippen molar-refractivity contribution in [3.05, 3.63) is 12.2 Å². The molecule has 1 saturated heterocycles. The summed E-state index contributed by atoms with van der Waals surface area (Å²) in [5.74, 6) is 0.236. The summed E-state index contributed by atoms with van der Waals surface area (Å²) in [6.07, 6.45) is 11.4. The molecule has 1 aliphatic heterocycles. The molecule has 0 aromatic heterocycles. The minimum absolute atomic E-state index is 0.240. The molecule has 2 fully saturated rings. The molecule has 1 saturated carbocycles. The standard InChI is InChI=1S/C19H32O3/c1-4-6-10-14-21-18(20)15(3)19(13-7-5-2)16-11-8-9-12-17(16)22-19/h16-17H,3-14H2,1-2H3. The van der Waals surface area contributed by atoms with Gasteiger partial charge in [0.15, 0.2) is 0 Å².